The fourth-order valence-corrected chi connectivity index (χ4v) is 0.158. The van der Waals surface area contributed by atoms with Crippen LogP contribution in [-0.2, 0) is 15.1 Å². The van der Waals surface area contributed by atoms with Crippen molar-refractivity contribution in [1.29, 1.82) is 0 Å². The van der Waals surface area contributed by atoms with Gasteiger partial charge in [0.05, 0.1) is 0 Å². The van der Waals surface area contributed by atoms with Gasteiger partial charge in [-0.1, -0.05) is 13.3 Å². The molecular weight excluding hydrogens is 163 g/mol. The normalized spacial score (nSPS) is 7.00. The molecular formula is C4H10ClCuO. The minimum absolute atomic E-state index is 0.344. The van der Waals surface area contributed by atoms with Crippen molar-refractivity contribution in [2.45, 2.75) is 19.8 Å². The van der Waals surface area contributed by atoms with E-state index in [1.807, 2.05) is 0 Å². The zero-order valence-electron chi connectivity index (χ0n) is 4.25. The van der Waals surface area contributed by atoms with Crippen molar-refractivity contribution >= 4 is 10.1 Å². The molecule has 0 saturated carbocycles. The van der Waals surface area contributed by atoms with Gasteiger partial charge in [0.25, 0.3) is 0 Å². The van der Waals surface area contributed by atoms with Crippen molar-refractivity contribution in [3.05, 3.63) is 0 Å². The number of aliphatic hydroxyl groups excluding tert-OH is 1. The van der Waals surface area contributed by atoms with Crippen LogP contribution in [0, 0.1) is 0 Å². The number of rotatable bonds is 2. The number of hydrogen-bond donors (Lipinski definition) is 1. The number of hydrogen-bond acceptors (Lipinski definition) is 1. The molecule has 50 valence electrons. The Bertz CT molecular complexity index is 19.2. The number of halogens is 1. The third-order valence-electron chi connectivity index (χ3n) is 0.512. The monoisotopic (exact) mass is 172 g/mol. The zero-order valence-corrected chi connectivity index (χ0v) is 5.95. The summed E-state index contributed by atoms with van der Waals surface area (Å²) in [5.41, 5.74) is 0. The van der Waals surface area contributed by atoms with Gasteiger partial charge in [-0.3, -0.25) is 0 Å². The number of unbranched alkanes of at least 4 members (excludes halogenated alkanes) is 1. The van der Waals surface area contributed by atoms with Crippen molar-refractivity contribution in [1.82, 2.24) is 0 Å². The van der Waals surface area contributed by atoms with Crippen molar-refractivity contribution in [2.24, 2.45) is 0 Å². The van der Waals surface area contributed by atoms with E-state index < -0.39 is 0 Å². The molecule has 1 N–H and O–H groups in total. The predicted octanol–water partition coefficient (Wildman–Crippen LogP) is 1.47. The third kappa shape index (κ3) is 20.1. The average Bonchev–Trinajstić information content (AvgIpc) is 1.75. The second-order valence-electron chi connectivity index (χ2n) is 1.08. The second-order valence-corrected chi connectivity index (χ2v) is 1.08. The van der Waals surface area contributed by atoms with Gasteiger partial charge in [0.2, 0.25) is 0 Å². The SMILES string of the molecule is CCCCO.[Cl][Cu]. The third-order valence-corrected chi connectivity index (χ3v) is 0.512. The molecule has 0 aromatic rings. The second kappa shape index (κ2) is 15.9. The van der Waals surface area contributed by atoms with Crippen LogP contribution >= 0.6 is 10.1 Å². The van der Waals surface area contributed by atoms with Gasteiger partial charge in [-0.15, -0.1) is 0 Å². The summed E-state index contributed by atoms with van der Waals surface area (Å²) in [7, 11) is 4.20. The van der Waals surface area contributed by atoms with Gasteiger partial charge in [-0.2, -0.15) is 0 Å². The van der Waals surface area contributed by atoms with E-state index in [2.05, 4.69) is 32.1 Å². The molecule has 0 saturated heterocycles. The fraction of sp³-hybridized carbons (Fsp3) is 1.00. The molecule has 0 aromatic carbocycles. The Morgan fingerprint density at radius 1 is 1.57 bits per heavy atom. The maximum atomic E-state index is 8.07. The van der Waals surface area contributed by atoms with Crippen LogP contribution in [0.15, 0.2) is 0 Å². The molecule has 0 rings (SSSR count). The molecule has 0 aliphatic heterocycles. The van der Waals surface area contributed by atoms with Crippen molar-refractivity contribution < 1.29 is 20.2 Å². The first-order valence-electron chi connectivity index (χ1n) is 2.14. The van der Waals surface area contributed by atoms with E-state index in [-0.39, 0.29) is 0 Å². The van der Waals surface area contributed by atoms with Crippen LogP contribution in [0.5, 0.6) is 0 Å². The summed E-state index contributed by atoms with van der Waals surface area (Å²) in [6.07, 6.45) is 2.04. The molecule has 0 atom stereocenters. The standard InChI is InChI=1S/C4H10O.ClH.Cu/c1-2-3-4-5;;/h5H,2-4H2,1H3;1H;/q;;+1/p-1. The molecule has 0 fully saturated rings. The molecule has 7 heavy (non-hydrogen) atoms. The van der Waals surface area contributed by atoms with E-state index in [1.165, 1.54) is 0 Å². The zero-order chi connectivity index (χ0) is 6.12. The molecule has 1 nitrogen and oxygen atoms in total. The molecule has 3 heteroatoms. The maximum absolute atomic E-state index is 8.07. The minimum atomic E-state index is 0.344. The van der Waals surface area contributed by atoms with Gasteiger partial charge in [-0.05, 0) is 6.42 Å². The van der Waals surface area contributed by atoms with Gasteiger partial charge in [0.1, 0.15) is 0 Å². The average molecular weight is 173 g/mol. The van der Waals surface area contributed by atoms with Gasteiger partial charge in [0.15, 0.2) is 0 Å². The summed E-state index contributed by atoms with van der Waals surface area (Å²) >= 11 is 3.66. The fourth-order valence-electron chi connectivity index (χ4n) is 0.158. The molecule has 0 aliphatic carbocycles. The van der Waals surface area contributed by atoms with Gasteiger partial charge in [0, 0.05) is 6.61 Å². The van der Waals surface area contributed by atoms with E-state index in [4.69, 9.17) is 5.11 Å². The number of aliphatic hydroxyl groups is 1. The topological polar surface area (TPSA) is 20.2 Å². The summed E-state index contributed by atoms with van der Waals surface area (Å²) in [4.78, 5) is 0. The predicted molar refractivity (Wildman–Crippen MR) is 27.8 cm³/mol. The molecule has 0 amide bonds. The molecule has 0 bridgehead atoms. The van der Waals surface area contributed by atoms with Crippen LogP contribution in [-0.4, -0.2) is 11.7 Å². The molecule has 0 unspecified atom stereocenters. The van der Waals surface area contributed by atoms with E-state index >= 15 is 0 Å². The first-order valence-corrected chi connectivity index (χ1v) is 3.43. The van der Waals surface area contributed by atoms with E-state index in [0.29, 0.717) is 6.61 Å². The van der Waals surface area contributed by atoms with E-state index in [0.717, 1.165) is 12.8 Å². The van der Waals surface area contributed by atoms with Crippen molar-refractivity contribution in [2.75, 3.05) is 6.61 Å². The Morgan fingerprint density at radius 3 is 2.00 bits per heavy atom. The van der Waals surface area contributed by atoms with Crippen LogP contribution in [0.2, 0.25) is 0 Å². The van der Waals surface area contributed by atoms with Crippen molar-refractivity contribution in [3.8, 4) is 0 Å². The van der Waals surface area contributed by atoms with Crippen LogP contribution < -0.4 is 0 Å². The Balaban J connectivity index is 0. The quantitative estimate of drug-likeness (QED) is 0.627. The summed E-state index contributed by atoms with van der Waals surface area (Å²) in [6, 6.07) is 0. The Labute approximate surface area is 57.1 Å². The Kier molecular flexibility index (Phi) is 24.2. The van der Waals surface area contributed by atoms with Crippen molar-refractivity contribution in [3.63, 3.8) is 0 Å². The van der Waals surface area contributed by atoms with Gasteiger partial charge >= 0.3 is 25.2 Å². The Morgan fingerprint density at radius 2 is 2.00 bits per heavy atom. The molecule has 0 radical (unpaired) electrons. The summed E-state index contributed by atoms with van der Waals surface area (Å²) in [5, 5.41) is 8.07. The first kappa shape index (κ1) is 10.7. The van der Waals surface area contributed by atoms with Gasteiger partial charge in [-0.25, -0.2) is 0 Å². The first-order chi connectivity index (χ1) is 3.41. The summed E-state index contributed by atoms with van der Waals surface area (Å²) in [5.74, 6) is 0. The van der Waals surface area contributed by atoms with Crippen LogP contribution in [0.4, 0.5) is 0 Å². The molecule has 0 aliphatic rings. The van der Waals surface area contributed by atoms with Crippen LogP contribution in [0.25, 0.3) is 0 Å². The summed E-state index contributed by atoms with van der Waals surface area (Å²) < 4.78 is 0. The molecule has 0 spiro atoms. The van der Waals surface area contributed by atoms with Gasteiger partial charge < -0.3 is 5.11 Å². The van der Waals surface area contributed by atoms with Crippen LogP contribution in [0.3, 0.4) is 0 Å². The summed E-state index contributed by atoms with van der Waals surface area (Å²) in [6.45, 7) is 2.40. The Hall–Kier alpha value is 0.769. The molecule has 0 aromatic heterocycles. The van der Waals surface area contributed by atoms with Crippen LogP contribution in [0.1, 0.15) is 19.8 Å². The molecule has 0 heterocycles. The van der Waals surface area contributed by atoms with E-state index in [9.17, 15) is 0 Å². The van der Waals surface area contributed by atoms with E-state index in [1.54, 1.807) is 0 Å².